The molecule has 4 N–H and O–H groups in total. The normalized spacial score (nSPS) is 22.2. The number of anilines is 1. The Morgan fingerprint density at radius 3 is 2.95 bits per heavy atom. The standard InChI is InChI=1S/C14H16N2O2S/c15-10-1-2-12-9(5-10)6-13(19-12)14(18)16-7-8-3-11(17)4-8/h1-2,5-6,8,11,17H,3-4,7,15H2,(H,16,18). The number of nitrogen functional groups attached to an aromatic ring is 1. The predicted molar refractivity (Wildman–Crippen MR) is 77.3 cm³/mol. The highest BCUT2D eigenvalue weighted by Gasteiger charge is 2.27. The van der Waals surface area contributed by atoms with Crippen LogP contribution in [0.1, 0.15) is 22.5 Å². The van der Waals surface area contributed by atoms with Crippen molar-refractivity contribution < 1.29 is 9.90 Å². The quantitative estimate of drug-likeness (QED) is 0.750. The lowest BCUT2D eigenvalue weighted by Gasteiger charge is -2.31. The van der Waals surface area contributed by atoms with E-state index in [1.54, 1.807) is 0 Å². The van der Waals surface area contributed by atoms with Gasteiger partial charge >= 0.3 is 0 Å². The Hall–Kier alpha value is -1.59. The number of carbonyl (C=O) groups excluding carboxylic acids is 1. The Morgan fingerprint density at radius 2 is 2.21 bits per heavy atom. The van der Waals surface area contributed by atoms with E-state index in [0.29, 0.717) is 23.0 Å². The number of hydrogen-bond donors (Lipinski definition) is 3. The SMILES string of the molecule is Nc1ccc2sc(C(=O)NCC3CC(O)C3)cc2c1. The molecule has 4 nitrogen and oxygen atoms in total. The maximum absolute atomic E-state index is 12.0. The van der Waals surface area contributed by atoms with Crippen molar-refractivity contribution >= 4 is 33.0 Å². The molecule has 1 aliphatic carbocycles. The second-order valence-corrected chi connectivity index (χ2v) is 6.19. The molecule has 0 atom stereocenters. The lowest BCUT2D eigenvalue weighted by molar-refractivity contribution is 0.0420. The van der Waals surface area contributed by atoms with Gasteiger partial charge in [-0.25, -0.2) is 0 Å². The fourth-order valence-corrected chi connectivity index (χ4v) is 3.32. The minimum atomic E-state index is -0.172. The molecule has 0 unspecified atom stereocenters. The molecule has 1 aromatic heterocycles. The van der Waals surface area contributed by atoms with E-state index in [9.17, 15) is 9.90 Å². The molecule has 1 fully saturated rings. The summed E-state index contributed by atoms with van der Waals surface area (Å²) in [6, 6.07) is 7.54. The number of thiophene rings is 1. The minimum absolute atomic E-state index is 0.0406. The monoisotopic (exact) mass is 276 g/mol. The third-order valence-electron chi connectivity index (χ3n) is 3.53. The third-order valence-corrected chi connectivity index (χ3v) is 4.64. The molecule has 0 saturated heterocycles. The van der Waals surface area contributed by atoms with Gasteiger partial charge in [0, 0.05) is 16.9 Å². The summed E-state index contributed by atoms with van der Waals surface area (Å²) in [6.07, 6.45) is 1.42. The molecular weight excluding hydrogens is 260 g/mol. The van der Waals surface area contributed by atoms with E-state index in [1.807, 2.05) is 24.3 Å². The fourth-order valence-electron chi connectivity index (χ4n) is 2.37. The van der Waals surface area contributed by atoms with Gasteiger partial charge in [-0.05, 0) is 48.4 Å². The van der Waals surface area contributed by atoms with Gasteiger partial charge in [-0.3, -0.25) is 4.79 Å². The van der Waals surface area contributed by atoms with Gasteiger partial charge < -0.3 is 16.2 Å². The van der Waals surface area contributed by atoms with Crippen LogP contribution in [0, 0.1) is 5.92 Å². The van der Waals surface area contributed by atoms with Crippen LogP contribution in [0.25, 0.3) is 10.1 Å². The van der Waals surface area contributed by atoms with E-state index in [4.69, 9.17) is 5.73 Å². The highest BCUT2D eigenvalue weighted by molar-refractivity contribution is 7.20. The van der Waals surface area contributed by atoms with Crippen LogP contribution in [0.2, 0.25) is 0 Å². The first kappa shape index (κ1) is 12.4. The molecule has 5 heteroatoms. The van der Waals surface area contributed by atoms with Crippen LogP contribution in [0.5, 0.6) is 0 Å². The molecule has 0 spiro atoms. The van der Waals surface area contributed by atoms with Crippen molar-refractivity contribution in [2.45, 2.75) is 18.9 Å². The van der Waals surface area contributed by atoms with Crippen molar-refractivity contribution in [3.05, 3.63) is 29.1 Å². The molecule has 100 valence electrons. The Labute approximate surface area is 115 Å². The summed E-state index contributed by atoms with van der Waals surface area (Å²) in [6.45, 7) is 0.645. The van der Waals surface area contributed by atoms with Crippen molar-refractivity contribution in [1.29, 1.82) is 0 Å². The lowest BCUT2D eigenvalue weighted by atomic mass is 9.82. The first-order valence-electron chi connectivity index (χ1n) is 6.37. The Bertz CT molecular complexity index is 617. The minimum Gasteiger partial charge on any atom is -0.399 e. The van der Waals surface area contributed by atoms with Crippen molar-refractivity contribution in [3.63, 3.8) is 0 Å². The maximum Gasteiger partial charge on any atom is 0.261 e. The van der Waals surface area contributed by atoms with E-state index >= 15 is 0 Å². The highest BCUT2D eigenvalue weighted by Crippen LogP contribution is 2.28. The van der Waals surface area contributed by atoms with Crippen LogP contribution < -0.4 is 11.1 Å². The average molecular weight is 276 g/mol. The molecule has 19 heavy (non-hydrogen) atoms. The molecule has 1 aromatic carbocycles. The summed E-state index contributed by atoms with van der Waals surface area (Å²) in [5.74, 6) is 0.380. The third kappa shape index (κ3) is 2.57. The molecule has 2 aromatic rings. The lowest BCUT2D eigenvalue weighted by Crippen LogP contribution is -2.38. The van der Waals surface area contributed by atoms with Gasteiger partial charge in [0.25, 0.3) is 5.91 Å². The van der Waals surface area contributed by atoms with Gasteiger partial charge in [-0.2, -0.15) is 0 Å². The molecule has 1 saturated carbocycles. The number of nitrogens with one attached hydrogen (secondary N) is 1. The summed E-state index contributed by atoms with van der Waals surface area (Å²) in [7, 11) is 0. The van der Waals surface area contributed by atoms with Gasteiger partial charge in [0.15, 0.2) is 0 Å². The molecule has 1 heterocycles. The van der Waals surface area contributed by atoms with E-state index in [2.05, 4.69) is 5.32 Å². The Balaban J connectivity index is 1.67. The summed E-state index contributed by atoms with van der Waals surface area (Å²) in [5.41, 5.74) is 6.44. The highest BCUT2D eigenvalue weighted by atomic mass is 32.1. The van der Waals surface area contributed by atoms with Crippen LogP contribution in [-0.4, -0.2) is 23.7 Å². The Kier molecular flexibility index (Phi) is 3.16. The zero-order chi connectivity index (χ0) is 13.4. The van der Waals surface area contributed by atoms with Crippen molar-refractivity contribution in [2.75, 3.05) is 12.3 Å². The molecular formula is C14H16N2O2S. The average Bonchev–Trinajstić information content (AvgIpc) is 2.75. The Morgan fingerprint density at radius 1 is 1.42 bits per heavy atom. The van der Waals surface area contributed by atoms with Crippen molar-refractivity contribution in [2.24, 2.45) is 5.92 Å². The summed E-state index contributed by atoms with van der Waals surface area (Å²) in [5, 5.41) is 13.1. The van der Waals surface area contributed by atoms with Gasteiger partial charge in [0.2, 0.25) is 0 Å². The number of amides is 1. The molecule has 1 amide bonds. The van der Waals surface area contributed by atoms with Gasteiger partial charge in [0.05, 0.1) is 11.0 Å². The second-order valence-electron chi connectivity index (χ2n) is 5.11. The number of aliphatic hydroxyl groups excluding tert-OH is 1. The zero-order valence-electron chi connectivity index (χ0n) is 10.4. The molecule has 1 aliphatic rings. The van der Waals surface area contributed by atoms with Gasteiger partial charge in [-0.1, -0.05) is 0 Å². The van der Waals surface area contributed by atoms with E-state index in [0.717, 1.165) is 22.9 Å². The number of aliphatic hydroxyl groups is 1. The van der Waals surface area contributed by atoms with Gasteiger partial charge in [0.1, 0.15) is 0 Å². The van der Waals surface area contributed by atoms with E-state index in [1.165, 1.54) is 11.3 Å². The zero-order valence-corrected chi connectivity index (χ0v) is 11.2. The summed E-state index contributed by atoms with van der Waals surface area (Å²) in [4.78, 5) is 12.7. The second kappa shape index (κ2) is 4.83. The van der Waals surface area contributed by atoms with Crippen LogP contribution in [0.3, 0.4) is 0 Å². The van der Waals surface area contributed by atoms with Crippen molar-refractivity contribution in [1.82, 2.24) is 5.32 Å². The topological polar surface area (TPSA) is 75.4 Å². The van der Waals surface area contributed by atoms with E-state index in [-0.39, 0.29) is 12.0 Å². The number of carbonyl (C=O) groups is 1. The maximum atomic E-state index is 12.0. The number of benzene rings is 1. The van der Waals surface area contributed by atoms with Crippen LogP contribution in [-0.2, 0) is 0 Å². The molecule has 3 rings (SSSR count). The number of fused-ring (bicyclic) bond motifs is 1. The smallest absolute Gasteiger partial charge is 0.261 e. The first-order valence-corrected chi connectivity index (χ1v) is 7.19. The van der Waals surface area contributed by atoms with Crippen molar-refractivity contribution in [3.8, 4) is 0 Å². The molecule has 0 aliphatic heterocycles. The number of hydrogen-bond acceptors (Lipinski definition) is 4. The largest absolute Gasteiger partial charge is 0.399 e. The predicted octanol–water partition coefficient (Wildman–Crippen LogP) is 1.98. The number of nitrogens with two attached hydrogens (primary N) is 1. The van der Waals surface area contributed by atoms with Crippen LogP contribution >= 0.6 is 11.3 Å². The fraction of sp³-hybridized carbons (Fsp3) is 0.357. The first-order chi connectivity index (χ1) is 9.11. The van der Waals surface area contributed by atoms with Crippen LogP contribution in [0.4, 0.5) is 5.69 Å². The van der Waals surface area contributed by atoms with Crippen LogP contribution in [0.15, 0.2) is 24.3 Å². The van der Waals surface area contributed by atoms with E-state index < -0.39 is 0 Å². The number of rotatable bonds is 3. The molecule has 0 radical (unpaired) electrons. The summed E-state index contributed by atoms with van der Waals surface area (Å²) < 4.78 is 1.07. The van der Waals surface area contributed by atoms with Gasteiger partial charge in [-0.15, -0.1) is 11.3 Å². The molecule has 0 bridgehead atoms. The summed E-state index contributed by atoms with van der Waals surface area (Å²) >= 11 is 1.47.